The number of carbonyl (C=O) groups is 2. The molecule has 0 bridgehead atoms. The Morgan fingerprint density at radius 1 is 1.06 bits per heavy atom. The first-order valence-corrected chi connectivity index (χ1v) is 14.2. The number of amides is 2. The highest BCUT2D eigenvalue weighted by atomic mass is 35.5. The zero-order valence-electron chi connectivity index (χ0n) is 20.8. The first kappa shape index (κ1) is 29.9. The van der Waals surface area contributed by atoms with Gasteiger partial charge in [-0.3, -0.25) is 13.9 Å². The van der Waals surface area contributed by atoms with Crippen LogP contribution in [0.5, 0.6) is 0 Å². The summed E-state index contributed by atoms with van der Waals surface area (Å²) in [7, 11) is -3.80. The van der Waals surface area contributed by atoms with Crippen LogP contribution in [-0.4, -0.2) is 50.0 Å². The van der Waals surface area contributed by atoms with Crippen molar-refractivity contribution in [2.75, 3.05) is 17.1 Å². The molecule has 2 rings (SSSR count). The smallest absolute Gasteiger partial charge is 0.242 e. The molecule has 198 valence electrons. The molecule has 0 heterocycles. The Bertz CT molecular complexity index is 1160. The Morgan fingerprint density at radius 2 is 1.67 bits per heavy atom. The van der Waals surface area contributed by atoms with Crippen LogP contribution in [0.25, 0.3) is 0 Å². The van der Waals surface area contributed by atoms with Crippen molar-refractivity contribution in [3.8, 4) is 0 Å². The van der Waals surface area contributed by atoms with Crippen LogP contribution in [-0.2, 0) is 26.2 Å². The quantitative estimate of drug-likeness (QED) is 0.396. The van der Waals surface area contributed by atoms with Crippen LogP contribution in [0.2, 0.25) is 10.0 Å². The highest BCUT2D eigenvalue weighted by Crippen LogP contribution is 2.27. The third kappa shape index (κ3) is 8.08. The second-order valence-corrected chi connectivity index (χ2v) is 11.3. The molecule has 0 aliphatic heterocycles. The first-order chi connectivity index (χ1) is 16.9. The molecule has 0 saturated carbocycles. The highest BCUT2D eigenvalue weighted by molar-refractivity contribution is 7.92. The SMILES string of the molecule is CC[C@@H](C)NC(=O)[C@H](C)N(Cc1c(Cl)cccc1Cl)C(=O)CCCN(c1ccccc1F)S(C)(=O)=O. The van der Waals surface area contributed by atoms with E-state index in [9.17, 15) is 22.4 Å². The third-order valence-electron chi connectivity index (χ3n) is 5.83. The minimum Gasteiger partial charge on any atom is -0.352 e. The van der Waals surface area contributed by atoms with Crippen LogP contribution in [0.1, 0.15) is 45.6 Å². The number of benzene rings is 2. The van der Waals surface area contributed by atoms with E-state index in [0.717, 1.165) is 17.0 Å². The van der Waals surface area contributed by atoms with Crippen molar-refractivity contribution in [1.82, 2.24) is 10.2 Å². The molecule has 0 unspecified atom stereocenters. The van der Waals surface area contributed by atoms with E-state index in [-0.39, 0.29) is 49.5 Å². The number of anilines is 1. The van der Waals surface area contributed by atoms with Gasteiger partial charge >= 0.3 is 0 Å². The van der Waals surface area contributed by atoms with E-state index in [1.807, 2.05) is 13.8 Å². The molecule has 1 N–H and O–H groups in total. The van der Waals surface area contributed by atoms with E-state index in [1.165, 1.54) is 29.2 Å². The molecule has 2 amide bonds. The fraction of sp³-hybridized carbons (Fsp3) is 0.440. The van der Waals surface area contributed by atoms with Gasteiger partial charge in [0.2, 0.25) is 21.8 Å². The molecule has 0 aliphatic carbocycles. The van der Waals surface area contributed by atoms with Gasteiger partial charge in [-0.25, -0.2) is 12.8 Å². The Balaban J connectivity index is 2.24. The number of carbonyl (C=O) groups excluding carboxylic acids is 2. The highest BCUT2D eigenvalue weighted by Gasteiger charge is 2.28. The first-order valence-electron chi connectivity index (χ1n) is 11.6. The van der Waals surface area contributed by atoms with Crippen LogP contribution in [0.3, 0.4) is 0 Å². The van der Waals surface area contributed by atoms with Gasteiger partial charge in [-0.2, -0.15) is 0 Å². The molecular formula is C25H32Cl2FN3O4S. The van der Waals surface area contributed by atoms with Crippen molar-refractivity contribution in [3.05, 3.63) is 63.9 Å². The van der Waals surface area contributed by atoms with Crippen LogP contribution in [0, 0.1) is 5.82 Å². The Kier molecular flexibility index (Phi) is 11.0. The van der Waals surface area contributed by atoms with Crippen molar-refractivity contribution >= 4 is 50.7 Å². The van der Waals surface area contributed by atoms with Crippen LogP contribution in [0.15, 0.2) is 42.5 Å². The number of para-hydroxylation sites is 1. The number of hydrogen-bond donors (Lipinski definition) is 1. The number of halogens is 3. The lowest BCUT2D eigenvalue weighted by atomic mass is 10.1. The maximum Gasteiger partial charge on any atom is 0.242 e. The maximum absolute atomic E-state index is 14.3. The van der Waals surface area contributed by atoms with Crippen molar-refractivity contribution in [2.24, 2.45) is 0 Å². The third-order valence-corrected chi connectivity index (χ3v) is 7.72. The number of hydrogen-bond acceptors (Lipinski definition) is 4. The lowest BCUT2D eigenvalue weighted by Gasteiger charge is -2.30. The summed E-state index contributed by atoms with van der Waals surface area (Å²) in [5.41, 5.74) is 0.412. The number of rotatable bonds is 12. The van der Waals surface area contributed by atoms with E-state index < -0.39 is 21.9 Å². The van der Waals surface area contributed by atoms with Gasteiger partial charge in [0.1, 0.15) is 11.9 Å². The molecule has 7 nitrogen and oxygen atoms in total. The van der Waals surface area contributed by atoms with Gasteiger partial charge in [0.15, 0.2) is 0 Å². The van der Waals surface area contributed by atoms with Gasteiger partial charge in [-0.15, -0.1) is 0 Å². The fourth-order valence-electron chi connectivity index (χ4n) is 3.54. The predicted molar refractivity (Wildman–Crippen MR) is 142 cm³/mol. The monoisotopic (exact) mass is 559 g/mol. The Labute approximate surface area is 222 Å². The zero-order valence-corrected chi connectivity index (χ0v) is 23.1. The molecule has 2 aromatic carbocycles. The summed E-state index contributed by atoms with van der Waals surface area (Å²) in [6, 6.07) is 9.60. The predicted octanol–water partition coefficient (Wildman–Crippen LogP) is 5.01. The Morgan fingerprint density at radius 3 is 2.22 bits per heavy atom. The summed E-state index contributed by atoms with van der Waals surface area (Å²) in [5.74, 6) is -1.40. The minimum atomic E-state index is -3.80. The number of nitrogens with zero attached hydrogens (tertiary/aromatic N) is 2. The van der Waals surface area contributed by atoms with Crippen molar-refractivity contribution in [2.45, 2.75) is 58.7 Å². The van der Waals surface area contributed by atoms with Gasteiger partial charge in [0, 0.05) is 41.2 Å². The minimum absolute atomic E-state index is 0.00443. The normalized spacial score (nSPS) is 13.1. The lowest BCUT2D eigenvalue weighted by molar-refractivity contribution is -0.140. The van der Waals surface area contributed by atoms with E-state index in [4.69, 9.17) is 23.2 Å². The van der Waals surface area contributed by atoms with Crippen molar-refractivity contribution < 1.29 is 22.4 Å². The standard InChI is InChI=1S/C25H32Cl2FN3O4S/c1-5-17(2)29-25(33)18(3)30(16-19-20(26)10-8-11-21(19)27)24(32)14-9-15-31(36(4,34)35)23-13-7-6-12-22(23)28/h6-8,10-13,17-18H,5,9,14-16H2,1-4H3,(H,29,33)/t17-,18+/m1/s1. The van der Waals surface area contributed by atoms with Crippen molar-refractivity contribution in [1.29, 1.82) is 0 Å². The molecule has 2 aromatic rings. The van der Waals surface area contributed by atoms with Crippen LogP contribution >= 0.6 is 23.2 Å². The zero-order chi connectivity index (χ0) is 27.0. The fourth-order valence-corrected chi connectivity index (χ4v) is 5.02. The summed E-state index contributed by atoms with van der Waals surface area (Å²) >= 11 is 12.6. The molecule has 36 heavy (non-hydrogen) atoms. The van der Waals surface area contributed by atoms with Gasteiger partial charge < -0.3 is 10.2 Å². The number of nitrogens with one attached hydrogen (secondary N) is 1. The largest absolute Gasteiger partial charge is 0.352 e. The molecule has 0 aliphatic rings. The van der Waals surface area contributed by atoms with Gasteiger partial charge in [-0.1, -0.05) is 48.3 Å². The molecule has 0 saturated heterocycles. The average molecular weight is 561 g/mol. The summed E-state index contributed by atoms with van der Waals surface area (Å²) in [5, 5.41) is 3.59. The van der Waals surface area contributed by atoms with Gasteiger partial charge in [0.05, 0.1) is 11.9 Å². The lowest BCUT2D eigenvalue weighted by Crippen LogP contribution is -2.49. The average Bonchev–Trinajstić information content (AvgIpc) is 2.81. The van der Waals surface area contributed by atoms with E-state index in [0.29, 0.717) is 15.6 Å². The van der Waals surface area contributed by atoms with Crippen LogP contribution in [0.4, 0.5) is 10.1 Å². The van der Waals surface area contributed by atoms with Gasteiger partial charge in [0.25, 0.3) is 0 Å². The molecule has 11 heteroatoms. The van der Waals surface area contributed by atoms with Crippen molar-refractivity contribution in [3.63, 3.8) is 0 Å². The summed E-state index contributed by atoms with van der Waals surface area (Å²) in [6.45, 7) is 5.30. The second kappa shape index (κ2) is 13.3. The maximum atomic E-state index is 14.3. The van der Waals surface area contributed by atoms with E-state index in [2.05, 4.69) is 5.32 Å². The number of sulfonamides is 1. The molecule has 0 aromatic heterocycles. The summed E-state index contributed by atoms with van der Waals surface area (Å²) < 4.78 is 39.9. The summed E-state index contributed by atoms with van der Waals surface area (Å²) in [4.78, 5) is 27.6. The molecule has 0 spiro atoms. The molecule has 0 radical (unpaired) electrons. The summed E-state index contributed by atoms with van der Waals surface area (Å²) in [6.07, 6.45) is 1.73. The second-order valence-electron chi connectivity index (χ2n) is 8.61. The van der Waals surface area contributed by atoms with E-state index >= 15 is 0 Å². The Hall–Kier alpha value is -2.36. The molecule has 2 atom stereocenters. The topological polar surface area (TPSA) is 86.8 Å². The van der Waals surface area contributed by atoms with E-state index in [1.54, 1.807) is 25.1 Å². The van der Waals surface area contributed by atoms with Crippen LogP contribution < -0.4 is 9.62 Å². The molecule has 0 fully saturated rings. The molecular weight excluding hydrogens is 528 g/mol. The van der Waals surface area contributed by atoms with Gasteiger partial charge in [-0.05, 0) is 51.0 Å².